The first kappa shape index (κ1) is 14.1. The van der Waals surface area contributed by atoms with Crippen molar-refractivity contribution < 1.29 is 0 Å². The second-order valence-corrected chi connectivity index (χ2v) is 5.71. The number of nitrogens with one attached hydrogen (secondary N) is 1. The summed E-state index contributed by atoms with van der Waals surface area (Å²) < 4.78 is 0. The molecule has 0 radical (unpaired) electrons. The van der Waals surface area contributed by atoms with Crippen LogP contribution in [0.4, 0.5) is 11.5 Å². The maximum atomic E-state index is 9.26. The maximum absolute atomic E-state index is 9.26. The number of likely N-dealkylation sites (N-methyl/N-ethyl adjacent to an activating group) is 1. The van der Waals surface area contributed by atoms with Crippen molar-refractivity contribution in [2.45, 2.75) is 0 Å². The summed E-state index contributed by atoms with van der Waals surface area (Å²) >= 11 is 0. The minimum atomic E-state index is 0.514. The Bertz CT molecular complexity index is 523. The van der Waals surface area contributed by atoms with E-state index in [1.807, 2.05) is 6.07 Å². The van der Waals surface area contributed by atoms with E-state index in [0.29, 0.717) is 5.69 Å². The van der Waals surface area contributed by atoms with Crippen LogP contribution in [0.25, 0.3) is 0 Å². The molecule has 0 aliphatic carbocycles. The number of nitrogens with zero attached hydrogens (tertiary/aromatic N) is 5. The summed E-state index contributed by atoms with van der Waals surface area (Å²) in [5.41, 5.74) is 1.64. The van der Waals surface area contributed by atoms with Crippen LogP contribution in [-0.2, 0) is 0 Å². The third-order valence-corrected chi connectivity index (χ3v) is 4.22. The Labute approximate surface area is 126 Å². The molecule has 2 fully saturated rings. The minimum Gasteiger partial charge on any atom is -0.369 e. The normalized spacial score (nSPS) is 20.4. The van der Waals surface area contributed by atoms with Crippen LogP contribution >= 0.6 is 0 Å². The molecule has 1 aromatic rings. The third-order valence-electron chi connectivity index (χ3n) is 4.22. The summed E-state index contributed by atoms with van der Waals surface area (Å²) in [6, 6.07) is 6.25. The molecule has 2 aliphatic heterocycles. The van der Waals surface area contributed by atoms with Crippen LogP contribution in [-0.4, -0.2) is 69.3 Å². The summed E-state index contributed by atoms with van der Waals surface area (Å²) in [7, 11) is 2.14. The fourth-order valence-corrected chi connectivity index (χ4v) is 2.86. The lowest BCUT2D eigenvalue weighted by atomic mass is 10.2. The zero-order chi connectivity index (χ0) is 14.7. The number of aromatic nitrogens is 1. The van der Waals surface area contributed by atoms with E-state index in [-0.39, 0.29) is 0 Å². The highest BCUT2D eigenvalue weighted by Gasteiger charge is 2.18. The minimum absolute atomic E-state index is 0.514. The molecule has 1 aromatic heterocycles. The Morgan fingerprint density at radius 3 is 2.43 bits per heavy atom. The lowest BCUT2D eigenvalue weighted by Crippen LogP contribution is -2.45. The van der Waals surface area contributed by atoms with E-state index >= 15 is 0 Å². The van der Waals surface area contributed by atoms with E-state index < -0.39 is 0 Å². The Hall–Kier alpha value is -1.84. The number of rotatable bonds is 2. The van der Waals surface area contributed by atoms with Crippen molar-refractivity contribution in [2.24, 2.45) is 0 Å². The lowest BCUT2D eigenvalue weighted by molar-refractivity contribution is 0.312. The van der Waals surface area contributed by atoms with E-state index in [4.69, 9.17) is 0 Å². The fraction of sp³-hybridized carbons (Fsp3) is 0.600. The second-order valence-electron chi connectivity index (χ2n) is 5.71. The molecule has 6 heteroatoms. The first-order chi connectivity index (χ1) is 10.3. The monoisotopic (exact) mass is 286 g/mol. The van der Waals surface area contributed by atoms with Gasteiger partial charge < -0.3 is 20.0 Å². The summed E-state index contributed by atoms with van der Waals surface area (Å²) in [5.74, 6) is 0.940. The molecule has 112 valence electrons. The van der Waals surface area contributed by atoms with E-state index in [1.54, 1.807) is 0 Å². The highest BCUT2D eigenvalue weighted by molar-refractivity contribution is 5.58. The van der Waals surface area contributed by atoms with Crippen molar-refractivity contribution in [3.63, 3.8) is 0 Å². The number of pyridine rings is 1. The summed E-state index contributed by atoms with van der Waals surface area (Å²) in [6.45, 7) is 7.98. The van der Waals surface area contributed by atoms with Gasteiger partial charge in [-0.1, -0.05) is 0 Å². The van der Waals surface area contributed by atoms with Crippen molar-refractivity contribution in [1.29, 1.82) is 5.26 Å². The topological polar surface area (TPSA) is 58.4 Å². The van der Waals surface area contributed by atoms with Gasteiger partial charge in [0.2, 0.25) is 0 Å². The zero-order valence-electron chi connectivity index (χ0n) is 12.5. The van der Waals surface area contributed by atoms with Crippen LogP contribution in [0.2, 0.25) is 0 Å². The van der Waals surface area contributed by atoms with E-state index in [9.17, 15) is 5.26 Å². The predicted octanol–water partition coefficient (Wildman–Crippen LogP) is 0.115. The molecule has 3 rings (SSSR count). The number of hydrogen-bond acceptors (Lipinski definition) is 6. The molecule has 0 unspecified atom stereocenters. The molecular formula is C15H22N6. The Morgan fingerprint density at radius 1 is 1.05 bits per heavy atom. The van der Waals surface area contributed by atoms with Crippen molar-refractivity contribution in [2.75, 3.05) is 69.2 Å². The van der Waals surface area contributed by atoms with E-state index in [1.165, 1.54) is 0 Å². The Morgan fingerprint density at radius 2 is 1.76 bits per heavy atom. The molecule has 3 heterocycles. The van der Waals surface area contributed by atoms with Crippen molar-refractivity contribution in [1.82, 2.24) is 15.2 Å². The molecule has 0 spiro atoms. The Kier molecular flexibility index (Phi) is 4.23. The van der Waals surface area contributed by atoms with Crippen LogP contribution in [0.3, 0.4) is 0 Å². The molecule has 0 aromatic carbocycles. The van der Waals surface area contributed by atoms with Gasteiger partial charge in [0.25, 0.3) is 0 Å². The predicted molar refractivity (Wildman–Crippen MR) is 83.7 cm³/mol. The molecular weight excluding hydrogens is 264 g/mol. The number of piperazine rings is 2. The lowest BCUT2D eigenvalue weighted by Gasteiger charge is -2.34. The summed E-state index contributed by atoms with van der Waals surface area (Å²) in [4.78, 5) is 11.4. The van der Waals surface area contributed by atoms with Gasteiger partial charge in [-0.3, -0.25) is 0 Å². The zero-order valence-corrected chi connectivity index (χ0v) is 12.5. The van der Waals surface area contributed by atoms with Crippen molar-refractivity contribution in [3.8, 4) is 6.07 Å². The largest absolute Gasteiger partial charge is 0.369 e. The molecule has 2 saturated heterocycles. The maximum Gasteiger partial charge on any atom is 0.144 e. The van der Waals surface area contributed by atoms with Crippen LogP contribution in [0.5, 0.6) is 0 Å². The molecule has 0 bridgehead atoms. The van der Waals surface area contributed by atoms with Crippen molar-refractivity contribution >= 4 is 11.5 Å². The van der Waals surface area contributed by atoms with Gasteiger partial charge in [-0.15, -0.1) is 0 Å². The first-order valence-corrected chi connectivity index (χ1v) is 7.57. The number of nitriles is 1. The molecule has 0 atom stereocenters. The number of anilines is 2. The van der Waals surface area contributed by atoms with Gasteiger partial charge in [-0.25, -0.2) is 4.98 Å². The highest BCUT2D eigenvalue weighted by atomic mass is 15.3. The standard InChI is InChI=1S/C15H22N6/c1-19-6-8-21(9-7-19)15-11-14(10-13(12-16)18-15)20-4-2-17-3-5-20/h10-11,17H,2-9H2,1H3. The van der Waals surface area contributed by atoms with Gasteiger partial charge in [-0.05, 0) is 13.1 Å². The Balaban J connectivity index is 1.84. The van der Waals surface area contributed by atoms with Gasteiger partial charge in [-0.2, -0.15) is 5.26 Å². The molecule has 21 heavy (non-hydrogen) atoms. The SMILES string of the molecule is CN1CCN(c2cc(N3CCNCC3)cc(C#N)n2)CC1. The van der Waals surface area contributed by atoms with Crippen LogP contribution in [0, 0.1) is 11.3 Å². The van der Waals surface area contributed by atoms with E-state index in [2.05, 4.69) is 44.2 Å². The highest BCUT2D eigenvalue weighted by Crippen LogP contribution is 2.23. The van der Waals surface area contributed by atoms with Gasteiger partial charge >= 0.3 is 0 Å². The fourth-order valence-electron chi connectivity index (χ4n) is 2.86. The van der Waals surface area contributed by atoms with E-state index in [0.717, 1.165) is 63.9 Å². The molecule has 0 amide bonds. The average molecular weight is 286 g/mol. The van der Waals surface area contributed by atoms with Crippen LogP contribution < -0.4 is 15.1 Å². The molecule has 6 nitrogen and oxygen atoms in total. The molecule has 0 saturated carbocycles. The average Bonchev–Trinajstić information content (AvgIpc) is 2.56. The second kappa shape index (κ2) is 6.29. The first-order valence-electron chi connectivity index (χ1n) is 7.57. The summed E-state index contributed by atoms with van der Waals surface area (Å²) in [5, 5.41) is 12.6. The van der Waals surface area contributed by atoms with Crippen LogP contribution in [0.1, 0.15) is 5.69 Å². The van der Waals surface area contributed by atoms with Gasteiger partial charge in [0.15, 0.2) is 0 Å². The summed E-state index contributed by atoms with van der Waals surface area (Å²) in [6.07, 6.45) is 0. The number of hydrogen-bond donors (Lipinski definition) is 1. The van der Waals surface area contributed by atoms with Crippen LogP contribution in [0.15, 0.2) is 12.1 Å². The molecule has 1 N–H and O–H groups in total. The van der Waals surface area contributed by atoms with Gasteiger partial charge in [0.05, 0.1) is 0 Å². The van der Waals surface area contributed by atoms with Crippen molar-refractivity contribution in [3.05, 3.63) is 17.8 Å². The van der Waals surface area contributed by atoms with Gasteiger partial charge in [0, 0.05) is 64.1 Å². The quantitative estimate of drug-likeness (QED) is 0.833. The smallest absolute Gasteiger partial charge is 0.144 e. The molecule has 2 aliphatic rings. The third kappa shape index (κ3) is 3.26. The van der Waals surface area contributed by atoms with Gasteiger partial charge in [0.1, 0.15) is 17.6 Å².